The number of rotatable bonds is 5. The Morgan fingerprint density at radius 2 is 1.95 bits per heavy atom. The van der Waals surface area contributed by atoms with Gasteiger partial charge in [0.05, 0.1) is 0 Å². The molecule has 0 saturated carbocycles. The Labute approximate surface area is 115 Å². The summed E-state index contributed by atoms with van der Waals surface area (Å²) in [5, 5.41) is 2.96. The molecule has 19 heavy (non-hydrogen) atoms. The van der Waals surface area contributed by atoms with E-state index < -0.39 is 0 Å². The lowest BCUT2D eigenvalue weighted by atomic mass is 9.83. The molecule has 1 N–H and O–H groups in total. The molecular weight excluding hydrogens is 240 g/mol. The van der Waals surface area contributed by atoms with Gasteiger partial charge in [0.2, 0.25) is 5.91 Å². The largest absolute Gasteiger partial charge is 0.356 e. The number of hydrogen-bond donors (Lipinski definition) is 1. The van der Waals surface area contributed by atoms with Gasteiger partial charge in [-0.1, -0.05) is 20.3 Å². The van der Waals surface area contributed by atoms with E-state index in [9.17, 15) is 9.59 Å². The maximum Gasteiger partial charge on any atom is 0.221 e. The Kier molecular flexibility index (Phi) is 4.97. The van der Waals surface area contributed by atoms with Gasteiger partial charge in [-0.3, -0.25) is 14.5 Å². The average molecular weight is 266 g/mol. The Hall–Kier alpha value is -0.900. The number of piperidine rings is 2. The third-order valence-electron chi connectivity index (χ3n) is 4.24. The van der Waals surface area contributed by atoms with E-state index in [1.54, 1.807) is 0 Å². The lowest BCUT2D eigenvalue weighted by molar-refractivity contribution is -0.127. The molecule has 0 aromatic heterocycles. The normalized spacial score (nSPS) is 27.6. The molecule has 2 fully saturated rings. The van der Waals surface area contributed by atoms with Crippen molar-refractivity contribution in [2.45, 2.75) is 64.5 Å². The number of hydrogen-bond acceptors (Lipinski definition) is 3. The molecule has 2 saturated heterocycles. The van der Waals surface area contributed by atoms with E-state index in [2.05, 4.69) is 24.1 Å². The van der Waals surface area contributed by atoms with Crippen LogP contribution in [0, 0.1) is 5.92 Å². The number of nitrogens with zero attached hydrogens (tertiary/aromatic N) is 1. The van der Waals surface area contributed by atoms with Gasteiger partial charge in [0.25, 0.3) is 0 Å². The maximum atomic E-state index is 11.8. The first-order valence-electron chi connectivity index (χ1n) is 7.60. The zero-order valence-corrected chi connectivity index (χ0v) is 12.2. The number of amides is 1. The Bertz CT molecular complexity index is 325. The van der Waals surface area contributed by atoms with Crippen molar-refractivity contribution < 1.29 is 9.59 Å². The first-order chi connectivity index (χ1) is 9.06. The van der Waals surface area contributed by atoms with E-state index in [1.165, 1.54) is 6.42 Å². The van der Waals surface area contributed by atoms with Crippen molar-refractivity contribution in [2.24, 2.45) is 5.92 Å². The van der Waals surface area contributed by atoms with Crippen LogP contribution in [-0.2, 0) is 9.59 Å². The van der Waals surface area contributed by atoms with Gasteiger partial charge in [-0.05, 0) is 18.8 Å². The van der Waals surface area contributed by atoms with Gasteiger partial charge in [0, 0.05) is 44.4 Å². The number of ketones is 1. The minimum absolute atomic E-state index is 0.142. The van der Waals surface area contributed by atoms with Crippen LogP contribution in [0.2, 0.25) is 0 Å². The molecule has 4 nitrogen and oxygen atoms in total. The molecule has 108 valence electrons. The summed E-state index contributed by atoms with van der Waals surface area (Å²) in [4.78, 5) is 25.8. The first-order valence-corrected chi connectivity index (χ1v) is 7.60. The van der Waals surface area contributed by atoms with Crippen molar-refractivity contribution in [1.29, 1.82) is 0 Å². The fraction of sp³-hybridized carbons (Fsp3) is 0.867. The molecule has 2 aliphatic rings. The molecule has 0 aromatic carbocycles. The van der Waals surface area contributed by atoms with Crippen LogP contribution >= 0.6 is 0 Å². The molecule has 0 aliphatic carbocycles. The summed E-state index contributed by atoms with van der Waals surface area (Å²) in [6, 6.07) is 0.802. The van der Waals surface area contributed by atoms with Crippen molar-refractivity contribution in [3.05, 3.63) is 0 Å². The van der Waals surface area contributed by atoms with Crippen LogP contribution in [0.15, 0.2) is 0 Å². The van der Waals surface area contributed by atoms with Crippen molar-refractivity contribution in [2.75, 3.05) is 13.1 Å². The van der Waals surface area contributed by atoms with Crippen LogP contribution in [-0.4, -0.2) is 41.8 Å². The van der Waals surface area contributed by atoms with Crippen LogP contribution in [0.1, 0.15) is 52.4 Å². The predicted octanol–water partition coefficient (Wildman–Crippen LogP) is 1.73. The average Bonchev–Trinajstić information content (AvgIpc) is 2.33. The van der Waals surface area contributed by atoms with Crippen LogP contribution in [0.4, 0.5) is 0 Å². The van der Waals surface area contributed by atoms with Crippen LogP contribution in [0.3, 0.4) is 0 Å². The summed E-state index contributed by atoms with van der Waals surface area (Å²) in [6.45, 7) is 5.76. The molecule has 2 rings (SSSR count). The smallest absolute Gasteiger partial charge is 0.221 e. The summed E-state index contributed by atoms with van der Waals surface area (Å²) in [5.41, 5.74) is 0. The second kappa shape index (κ2) is 6.51. The summed E-state index contributed by atoms with van der Waals surface area (Å²) < 4.78 is 0. The lowest BCUT2D eigenvalue weighted by Crippen LogP contribution is -2.53. The zero-order chi connectivity index (χ0) is 13.8. The van der Waals surface area contributed by atoms with E-state index in [-0.39, 0.29) is 5.91 Å². The molecular formula is C15H26N2O2. The summed E-state index contributed by atoms with van der Waals surface area (Å²) in [7, 11) is 0. The molecule has 2 atom stereocenters. The topological polar surface area (TPSA) is 49.4 Å². The molecule has 2 aliphatic heterocycles. The molecule has 0 aromatic rings. The predicted molar refractivity (Wildman–Crippen MR) is 74.8 cm³/mol. The van der Waals surface area contributed by atoms with Crippen molar-refractivity contribution in [3.63, 3.8) is 0 Å². The summed E-state index contributed by atoms with van der Waals surface area (Å²) in [5.74, 6) is 1.05. The summed E-state index contributed by atoms with van der Waals surface area (Å²) in [6.07, 6.45) is 5.44. The highest BCUT2D eigenvalue weighted by molar-refractivity contribution is 5.80. The highest BCUT2D eigenvalue weighted by atomic mass is 16.1. The highest BCUT2D eigenvalue weighted by Crippen LogP contribution is 2.32. The zero-order valence-electron chi connectivity index (χ0n) is 12.2. The van der Waals surface area contributed by atoms with Gasteiger partial charge >= 0.3 is 0 Å². The third-order valence-corrected chi connectivity index (χ3v) is 4.24. The Morgan fingerprint density at radius 3 is 2.53 bits per heavy atom. The van der Waals surface area contributed by atoms with E-state index in [0.717, 1.165) is 25.9 Å². The second-order valence-corrected chi connectivity index (χ2v) is 6.37. The Morgan fingerprint density at radius 1 is 1.32 bits per heavy atom. The summed E-state index contributed by atoms with van der Waals surface area (Å²) >= 11 is 0. The number of fused-ring (bicyclic) bond motifs is 2. The van der Waals surface area contributed by atoms with Gasteiger partial charge in [0.1, 0.15) is 5.78 Å². The SMILES string of the molecule is CC(C)CNC(=O)CCN1C2CCCC1CC(=O)C2. The number of nitrogens with one attached hydrogen (secondary N) is 1. The molecule has 0 spiro atoms. The van der Waals surface area contributed by atoms with Crippen LogP contribution in [0.5, 0.6) is 0 Å². The van der Waals surface area contributed by atoms with Crippen LogP contribution in [0.25, 0.3) is 0 Å². The van der Waals surface area contributed by atoms with Crippen molar-refractivity contribution in [3.8, 4) is 0 Å². The van der Waals surface area contributed by atoms with Gasteiger partial charge in [0.15, 0.2) is 0 Å². The van der Waals surface area contributed by atoms with Gasteiger partial charge in [-0.2, -0.15) is 0 Å². The highest BCUT2D eigenvalue weighted by Gasteiger charge is 2.37. The maximum absolute atomic E-state index is 11.8. The molecule has 4 heteroatoms. The first kappa shape index (κ1) is 14.5. The lowest BCUT2D eigenvalue weighted by Gasteiger charge is -2.45. The van der Waals surface area contributed by atoms with E-state index in [1.807, 2.05) is 0 Å². The quantitative estimate of drug-likeness (QED) is 0.824. The standard InChI is InChI=1S/C15H26N2O2/c1-11(2)10-16-15(19)6-7-17-12-4-3-5-13(17)9-14(18)8-12/h11-13H,3-10H2,1-2H3,(H,16,19). The molecule has 2 unspecified atom stereocenters. The third kappa shape index (κ3) is 4.03. The van der Waals surface area contributed by atoms with E-state index in [0.29, 0.717) is 43.0 Å². The fourth-order valence-corrected chi connectivity index (χ4v) is 3.27. The van der Waals surface area contributed by atoms with Gasteiger partial charge < -0.3 is 5.32 Å². The fourth-order valence-electron chi connectivity index (χ4n) is 3.27. The Balaban J connectivity index is 1.79. The number of Topliss-reactive ketones (excluding diaryl/α,β-unsaturated/α-hetero) is 1. The molecule has 2 bridgehead atoms. The number of carbonyl (C=O) groups is 2. The molecule has 0 radical (unpaired) electrons. The monoisotopic (exact) mass is 266 g/mol. The minimum atomic E-state index is 0.142. The van der Waals surface area contributed by atoms with Gasteiger partial charge in [-0.15, -0.1) is 0 Å². The van der Waals surface area contributed by atoms with E-state index in [4.69, 9.17) is 0 Å². The van der Waals surface area contributed by atoms with E-state index >= 15 is 0 Å². The van der Waals surface area contributed by atoms with Gasteiger partial charge in [-0.25, -0.2) is 0 Å². The minimum Gasteiger partial charge on any atom is -0.356 e. The molecule has 1 amide bonds. The van der Waals surface area contributed by atoms with Crippen LogP contribution < -0.4 is 5.32 Å². The van der Waals surface area contributed by atoms with Crippen molar-refractivity contribution >= 4 is 11.7 Å². The molecule has 2 heterocycles. The van der Waals surface area contributed by atoms with Crippen molar-refractivity contribution in [1.82, 2.24) is 10.2 Å². The second-order valence-electron chi connectivity index (χ2n) is 6.37. The number of carbonyl (C=O) groups excluding carboxylic acids is 2.